The predicted molar refractivity (Wildman–Crippen MR) is 102 cm³/mol. The lowest BCUT2D eigenvalue weighted by Crippen LogP contribution is -2.42. The summed E-state index contributed by atoms with van der Waals surface area (Å²) in [7, 11) is 3.36. The second kappa shape index (κ2) is 9.85. The SMILES string of the molecule is CN(C)C(=O)CNC(=NCc1ccc([N+](=O)[O-])cc1)NCc1ccccn1. The maximum absolute atomic E-state index is 11.8. The number of hydrogen-bond acceptors (Lipinski definition) is 5. The van der Waals surface area contributed by atoms with Crippen LogP contribution in [0, 0.1) is 10.1 Å². The van der Waals surface area contributed by atoms with Crippen molar-refractivity contribution in [2.24, 2.45) is 4.99 Å². The average molecular weight is 370 g/mol. The summed E-state index contributed by atoms with van der Waals surface area (Å²) >= 11 is 0. The molecular weight excluding hydrogens is 348 g/mol. The zero-order valence-corrected chi connectivity index (χ0v) is 15.3. The Morgan fingerprint density at radius 1 is 1.19 bits per heavy atom. The Kier molecular flexibility index (Phi) is 7.24. The molecular formula is C18H22N6O3. The molecule has 0 radical (unpaired) electrons. The molecule has 0 unspecified atom stereocenters. The van der Waals surface area contributed by atoms with Crippen molar-refractivity contribution in [1.29, 1.82) is 0 Å². The number of hydrogen-bond donors (Lipinski definition) is 2. The topological polar surface area (TPSA) is 113 Å². The van der Waals surface area contributed by atoms with Gasteiger partial charge in [-0.25, -0.2) is 4.99 Å². The van der Waals surface area contributed by atoms with E-state index in [0.717, 1.165) is 11.3 Å². The lowest BCUT2D eigenvalue weighted by Gasteiger charge is -2.15. The van der Waals surface area contributed by atoms with E-state index in [4.69, 9.17) is 0 Å². The predicted octanol–water partition coefficient (Wildman–Crippen LogP) is 1.31. The van der Waals surface area contributed by atoms with E-state index in [9.17, 15) is 14.9 Å². The fourth-order valence-electron chi connectivity index (χ4n) is 2.06. The standard InChI is InChI=1S/C18H22N6O3/c1-23(2)17(25)13-22-18(21-12-15-5-3-4-10-19-15)20-11-14-6-8-16(9-7-14)24(26)27/h3-10H,11-13H2,1-2H3,(H2,20,21,22). The Balaban J connectivity index is 2.03. The molecule has 2 N–H and O–H groups in total. The van der Waals surface area contributed by atoms with Gasteiger partial charge < -0.3 is 15.5 Å². The normalized spacial score (nSPS) is 11.0. The van der Waals surface area contributed by atoms with E-state index in [-0.39, 0.29) is 18.1 Å². The molecule has 27 heavy (non-hydrogen) atoms. The van der Waals surface area contributed by atoms with Gasteiger partial charge in [0.2, 0.25) is 5.91 Å². The summed E-state index contributed by atoms with van der Waals surface area (Å²) in [6.45, 7) is 0.857. The molecule has 0 saturated heterocycles. The van der Waals surface area contributed by atoms with E-state index in [1.165, 1.54) is 17.0 Å². The number of nitro benzene ring substituents is 1. The summed E-state index contributed by atoms with van der Waals surface area (Å²) in [5, 5.41) is 16.8. The maximum Gasteiger partial charge on any atom is 0.269 e. The van der Waals surface area contributed by atoms with Crippen molar-refractivity contribution in [1.82, 2.24) is 20.5 Å². The highest BCUT2D eigenvalue weighted by atomic mass is 16.6. The summed E-state index contributed by atoms with van der Waals surface area (Å²) in [4.78, 5) is 32.2. The molecule has 9 heteroatoms. The minimum atomic E-state index is -0.443. The van der Waals surface area contributed by atoms with Crippen LogP contribution in [-0.4, -0.2) is 47.3 Å². The monoisotopic (exact) mass is 370 g/mol. The number of nitrogens with zero attached hydrogens (tertiary/aromatic N) is 4. The van der Waals surface area contributed by atoms with Crippen LogP contribution in [0.3, 0.4) is 0 Å². The van der Waals surface area contributed by atoms with Crippen molar-refractivity contribution >= 4 is 17.6 Å². The first kappa shape index (κ1) is 19.8. The van der Waals surface area contributed by atoms with Gasteiger partial charge in [0.05, 0.1) is 30.3 Å². The number of non-ortho nitro benzene ring substituents is 1. The number of nitrogens with one attached hydrogen (secondary N) is 2. The van der Waals surface area contributed by atoms with Crippen LogP contribution in [0.4, 0.5) is 5.69 Å². The van der Waals surface area contributed by atoms with E-state index in [1.807, 2.05) is 18.2 Å². The van der Waals surface area contributed by atoms with Gasteiger partial charge in [0, 0.05) is 32.4 Å². The number of carbonyl (C=O) groups excluding carboxylic acids is 1. The summed E-state index contributed by atoms with van der Waals surface area (Å²) in [6, 6.07) is 11.8. The van der Waals surface area contributed by atoms with Crippen molar-refractivity contribution in [3.05, 3.63) is 70.0 Å². The van der Waals surface area contributed by atoms with Gasteiger partial charge in [-0.1, -0.05) is 18.2 Å². The molecule has 0 atom stereocenters. The number of aromatic nitrogens is 1. The third kappa shape index (κ3) is 6.73. The van der Waals surface area contributed by atoms with Gasteiger partial charge in [-0.2, -0.15) is 0 Å². The fraction of sp³-hybridized carbons (Fsp3) is 0.278. The smallest absolute Gasteiger partial charge is 0.269 e. The summed E-state index contributed by atoms with van der Waals surface area (Å²) in [5.41, 5.74) is 1.69. The largest absolute Gasteiger partial charge is 0.351 e. The van der Waals surface area contributed by atoms with Crippen LogP contribution in [0.25, 0.3) is 0 Å². The number of aliphatic imine (C=N–C) groups is 1. The quantitative estimate of drug-likeness (QED) is 0.329. The molecule has 1 aromatic heterocycles. The van der Waals surface area contributed by atoms with Gasteiger partial charge in [-0.15, -0.1) is 0 Å². The fourth-order valence-corrected chi connectivity index (χ4v) is 2.06. The van der Waals surface area contributed by atoms with E-state index >= 15 is 0 Å². The first-order chi connectivity index (χ1) is 13.0. The van der Waals surface area contributed by atoms with Crippen molar-refractivity contribution in [3.63, 3.8) is 0 Å². The van der Waals surface area contributed by atoms with E-state index in [0.29, 0.717) is 19.0 Å². The van der Waals surface area contributed by atoms with Crippen LogP contribution in [0.5, 0.6) is 0 Å². The zero-order valence-electron chi connectivity index (χ0n) is 15.3. The number of amides is 1. The number of pyridine rings is 1. The van der Waals surface area contributed by atoms with Gasteiger partial charge >= 0.3 is 0 Å². The molecule has 0 fully saturated rings. The molecule has 1 aromatic carbocycles. The van der Waals surface area contributed by atoms with Crippen LogP contribution in [0.2, 0.25) is 0 Å². The van der Waals surface area contributed by atoms with Crippen molar-refractivity contribution < 1.29 is 9.72 Å². The van der Waals surface area contributed by atoms with Crippen molar-refractivity contribution in [2.75, 3.05) is 20.6 Å². The number of rotatable bonds is 7. The Bertz CT molecular complexity index is 791. The van der Waals surface area contributed by atoms with Gasteiger partial charge in [-0.3, -0.25) is 19.9 Å². The molecule has 0 aliphatic heterocycles. The number of guanidine groups is 1. The molecule has 0 aliphatic rings. The molecule has 2 rings (SSSR count). The minimum Gasteiger partial charge on any atom is -0.351 e. The summed E-state index contributed by atoms with van der Waals surface area (Å²) in [6.07, 6.45) is 1.70. The molecule has 0 aliphatic carbocycles. The molecule has 142 valence electrons. The van der Waals surface area contributed by atoms with Crippen molar-refractivity contribution in [3.8, 4) is 0 Å². The lowest BCUT2D eigenvalue weighted by molar-refractivity contribution is -0.384. The van der Waals surface area contributed by atoms with Gasteiger partial charge in [0.1, 0.15) is 0 Å². The second-order valence-corrected chi connectivity index (χ2v) is 5.90. The third-order valence-corrected chi connectivity index (χ3v) is 3.64. The third-order valence-electron chi connectivity index (χ3n) is 3.64. The Morgan fingerprint density at radius 3 is 2.52 bits per heavy atom. The Hall–Kier alpha value is -3.49. The highest BCUT2D eigenvalue weighted by Gasteiger charge is 2.07. The highest BCUT2D eigenvalue weighted by Crippen LogP contribution is 2.12. The maximum atomic E-state index is 11.8. The highest BCUT2D eigenvalue weighted by molar-refractivity contribution is 5.86. The minimum absolute atomic E-state index is 0.0333. The van der Waals surface area contributed by atoms with Gasteiger partial charge in [0.25, 0.3) is 5.69 Å². The molecule has 0 spiro atoms. The zero-order chi connectivity index (χ0) is 19.6. The van der Waals surface area contributed by atoms with E-state index < -0.39 is 4.92 Å². The summed E-state index contributed by atoms with van der Waals surface area (Å²) < 4.78 is 0. The molecule has 0 bridgehead atoms. The molecule has 1 heterocycles. The van der Waals surface area contributed by atoms with E-state index in [2.05, 4.69) is 20.6 Å². The Morgan fingerprint density at radius 2 is 1.93 bits per heavy atom. The summed E-state index contributed by atoms with van der Waals surface area (Å²) in [5.74, 6) is 0.367. The Labute approximate surface area is 157 Å². The van der Waals surface area contributed by atoms with Crippen molar-refractivity contribution in [2.45, 2.75) is 13.1 Å². The van der Waals surface area contributed by atoms with Crippen LogP contribution >= 0.6 is 0 Å². The molecule has 2 aromatic rings. The van der Waals surface area contributed by atoms with Gasteiger partial charge in [0.15, 0.2) is 5.96 Å². The van der Waals surface area contributed by atoms with Gasteiger partial charge in [-0.05, 0) is 17.7 Å². The van der Waals surface area contributed by atoms with Crippen LogP contribution in [-0.2, 0) is 17.9 Å². The lowest BCUT2D eigenvalue weighted by atomic mass is 10.2. The molecule has 0 saturated carbocycles. The first-order valence-electron chi connectivity index (χ1n) is 8.31. The van der Waals surface area contributed by atoms with Crippen LogP contribution < -0.4 is 10.6 Å². The van der Waals surface area contributed by atoms with Crippen LogP contribution in [0.1, 0.15) is 11.3 Å². The number of carbonyl (C=O) groups is 1. The molecule has 1 amide bonds. The second-order valence-electron chi connectivity index (χ2n) is 5.90. The number of benzene rings is 1. The number of nitro groups is 1. The molecule has 9 nitrogen and oxygen atoms in total. The average Bonchev–Trinajstić information content (AvgIpc) is 2.68. The van der Waals surface area contributed by atoms with Crippen LogP contribution in [0.15, 0.2) is 53.7 Å². The number of likely N-dealkylation sites (N-methyl/N-ethyl adjacent to an activating group) is 1. The van der Waals surface area contributed by atoms with E-state index in [1.54, 1.807) is 32.4 Å². The first-order valence-corrected chi connectivity index (χ1v) is 8.31.